The second kappa shape index (κ2) is 6.11. The maximum Gasteiger partial charge on any atom is 0.183 e. The predicted molar refractivity (Wildman–Crippen MR) is 78.0 cm³/mol. The molecule has 0 amide bonds. The van der Waals surface area contributed by atoms with Crippen molar-refractivity contribution in [3.8, 4) is 6.19 Å². The van der Waals surface area contributed by atoms with Crippen molar-refractivity contribution < 1.29 is 0 Å². The number of hydrogen-bond acceptors (Lipinski definition) is 3. The van der Waals surface area contributed by atoms with Crippen molar-refractivity contribution in [2.75, 3.05) is 6.26 Å². The molecular weight excluding hydrogens is 333 g/mol. The highest BCUT2D eigenvalue weighted by molar-refractivity contribution is 14.1. The summed E-state index contributed by atoms with van der Waals surface area (Å²) in [6.45, 7) is 4.12. The molecule has 0 spiro atoms. The molecule has 0 aliphatic heterocycles. The lowest BCUT2D eigenvalue weighted by atomic mass is 10.1. The highest BCUT2D eigenvalue weighted by atomic mass is 127. The van der Waals surface area contributed by atoms with Crippen LogP contribution in [-0.2, 0) is 0 Å². The minimum Gasteiger partial charge on any atom is -0.271 e. The Bertz CT molecular complexity index is 440. The van der Waals surface area contributed by atoms with Crippen LogP contribution < -0.4 is 5.32 Å². The zero-order chi connectivity index (χ0) is 12.1. The summed E-state index contributed by atoms with van der Waals surface area (Å²) in [4.78, 5) is 4.37. The number of aliphatic imine (C=N–C) groups is 1. The van der Waals surface area contributed by atoms with Crippen LogP contribution in [-0.4, -0.2) is 11.4 Å². The Labute approximate surface area is 113 Å². The molecule has 0 atom stereocenters. The summed E-state index contributed by atoms with van der Waals surface area (Å²) >= 11 is 3.74. The van der Waals surface area contributed by atoms with Crippen LogP contribution in [0.2, 0.25) is 0 Å². The monoisotopic (exact) mass is 345 g/mol. The van der Waals surface area contributed by atoms with E-state index in [1.165, 1.54) is 26.5 Å². The van der Waals surface area contributed by atoms with Crippen LogP contribution >= 0.6 is 34.4 Å². The summed E-state index contributed by atoms with van der Waals surface area (Å²) in [5.41, 5.74) is 3.29. The van der Waals surface area contributed by atoms with Gasteiger partial charge in [-0.15, -0.1) is 0 Å². The van der Waals surface area contributed by atoms with Gasteiger partial charge < -0.3 is 0 Å². The first-order chi connectivity index (χ1) is 7.58. The average molecular weight is 345 g/mol. The van der Waals surface area contributed by atoms with Crippen molar-refractivity contribution in [1.29, 1.82) is 5.26 Å². The largest absolute Gasteiger partial charge is 0.271 e. The Morgan fingerprint density at radius 1 is 1.44 bits per heavy atom. The van der Waals surface area contributed by atoms with E-state index in [-0.39, 0.29) is 0 Å². The number of amidine groups is 1. The second-order valence-corrected chi connectivity index (χ2v) is 5.13. The van der Waals surface area contributed by atoms with Gasteiger partial charge in [-0.1, -0.05) is 11.8 Å². The molecule has 0 radical (unpaired) electrons. The lowest BCUT2D eigenvalue weighted by molar-refractivity contribution is 1.27. The zero-order valence-corrected chi connectivity index (χ0v) is 12.3. The zero-order valence-electron chi connectivity index (χ0n) is 9.34. The smallest absolute Gasteiger partial charge is 0.183 e. The third-order valence-electron chi connectivity index (χ3n) is 2.01. The van der Waals surface area contributed by atoms with Gasteiger partial charge >= 0.3 is 0 Å². The van der Waals surface area contributed by atoms with Crippen LogP contribution in [0, 0.1) is 28.9 Å². The number of hydrogen-bond donors (Lipinski definition) is 1. The molecule has 0 saturated carbocycles. The van der Waals surface area contributed by atoms with Gasteiger partial charge in [-0.3, -0.25) is 5.32 Å². The summed E-state index contributed by atoms with van der Waals surface area (Å²) in [6, 6.07) is 4.04. The molecule has 0 aliphatic carbocycles. The van der Waals surface area contributed by atoms with Crippen LogP contribution in [0.5, 0.6) is 0 Å². The van der Waals surface area contributed by atoms with Gasteiger partial charge in [-0.25, -0.2) is 4.99 Å². The highest BCUT2D eigenvalue weighted by Gasteiger charge is 2.02. The average Bonchev–Trinajstić information content (AvgIpc) is 2.25. The molecule has 0 unspecified atom stereocenters. The first-order valence-corrected chi connectivity index (χ1v) is 6.93. The van der Waals surface area contributed by atoms with Crippen LogP contribution in [0.3, 0.4) is 0 Å². The van der Waals surface area contributed by atoms with E-state index in [1.807, 2.05) is 24.6 Å². The Hall–Kier alpha value is -0.740. The number of thioether (sulfide) groups is 1. The fraction of sp³-hybridized carbons (Fsp3) is 0.273. The summed E-state index contributed by atoms with van der Waals surface area (Å²) in [6.07, 6.45) is 3.76. The first-order valence-electron chi connectivity index (χ1n) is 4.63. The first kappa shape index (κ1) is 13.3. The van der Waals surface area contributed by atoms with Gasteiger partial charge in [0, 0.05) is 3.57 Å². The predicted octanol–water partition coefficient (Wildman–Crippen LogP) is 3.33. The van der Waals surface area contributed by atoms with Crippen LogP contribution in [0.4, 0.5) is 5.69 Å². The fourth-order valence-corrected chi connectivity index (χ4v) is 1.93. The molecule has 1 aromatic rings. The molecule has 0 heterocycles. The third-order valence-corrected chi connectivity index (χ3v) is 4.29. The van der Waals surface area contributed by atoms with E-state index >= 15 is 0 Å². The fourth-order valence-electron chi connectivity index (χ4n) is 1.28. The number of nitriles is 1. The molecule has 1 aromatic carbocycles. The van der Waals surface area contributed by atoms with Crippen molar-refractivity contribution in [1.82, 2.24) is 5.32 Å². The topological polar surface area (TPSA) is 48.2 Å². The molecule has 16 heavy (non-hydrogen) atoms. The van der Waals surface area contributed by atoms with Crippen molar-refractivity contribution in [3.63, 3.8) is 0 Å². The van der Waals surface area contributed by atoms with E-state index in [1.54, 1.807) is 0 Å². The minimum atomic E-state index is 0.613. The van der Waals surface area contributed by atoms with Crippen molar-refractivity contribution in [2.24, 2.45) is 4.99 Å². The molecule has 0 saturated heterocycles. The Balaban J connectivity index is 3.11. The van der Waals surface area contributed by atoms with E-state index in [9.17, 15) is 0 Å². The molecule has 84 valence electrons. The Kier molecular flexibility index (Phi) is 5.09. The number of benzene rings is 1. The van der Waals surface area contributed by atoms with Gasteiger partial charge in [0.2, 0.25) is 0 Å². The molecule has 3 nitrogen and oxygen atoms in total. The molecule has 0 fully saturated rings. The van der Waals surface area contributed by atoms with E-state index < -0.39 is 0 Å². The maximum atomic E-state index is 8.54. The van der Waals surface area contributed by atoms with Crippen LogP contribution in [0.25, 0.3) is 0 Å². The number of aryl methyl sites for hydroxylation is 2. The highest BCUT2D eigenvalue weighted by Crippen LogP contribution is 2.24. The number of rotatable bonds is 1. The van der Waals surface area contributed by atoms with Crippen LogP contribution in [0.15, 0.2) is 17.1 Å². The summed E-state index contributed by atoms with van der Waals surface area (Å²) in [5.74, 6) is 0. The standard InChI is InChI=1S/C11H12IN3S/c1-7-4-9(5-8(2)10(7)12)15-11(16-3)14-6-13/h4-5H,1-3H3,(H,14,15). The van der Waals surface area contributed by atoms with Crippen LogP contribution in [0.1, 0.15) is 11.1 Å². The number of halogens is 1. The quantitative estimate of drug-likeness (QED) is 0.279. The molecule has 1 rings (SSSR count). The van der Waals surface area contributed by atoms with E-state index in [0.29, 0.717) is 5.17 Å². The minimum absolute atomic E-state index is 0.613. The maximum absolute atomic E-state index is 8.54. The normalized spacial score (nSPS) is 11.1. The Morgan fingerprint density at radius 3 is 2.44 bits per heavy atom. The summed E-state index contributed by atoms with van der Waals surface area (Å²) in [7, 11) is 0. The van der Waals surface area contributed by atoms with E-state index in [4.69, 9.17) is 5.26 Å². The van der Waals surface area contributed by atoms with E-state index in [2.05, 4.69) is 46.7 Å². The molecule has 0 bridgehead atoms. The summed E-state index contributed by atoms with van der Waals surface area (Å²) in [5, 5.41) is 11.7. The van der Waals surface area contributed by atoms with Crippen molar-refractivity contribution in [2.45, 2.75) is 13.8 Å². The van der Waals surface area contributed by atoms with Gasteiger partial charge in [0.25, 0.3) is 0 Å². The lowest BCUT2D eigenvalue weighted by Gasteiger charge is -2.05. The molecule has 0 aliphatic rings. The third kappa shape index (κ3) is 3.39. The molecule has 5 heteroatoms. The number of nitrogens with zero attached hydrogens (tertiary/aromatic N) is 2. The lowest BCUT2D eigenvalue weighted by Crippen LogP contribution is -2.12. The van der Waals surface area contributed by atoms with Gasteiger partial charge in [0.05, 0.1) is 5.69 Å². The second-order valence-electron chi connectivity index (χ2n) is 3.25. The van der Waals surface area contributed by atoms with Crippen molar-refractivity contribution in [3.05, 3.63) is 26.8 Å². The summed E-state index contributed by atoms with van der Waals surface area (Å²) < 4.78 is 1.26. The van der Waals surface area contributed by atoms with Crippen molar-refractivity contribution >= 4 is 45.2 Å². The SMILES string of the molecule is CSC(=Nc1cc(C)c(I)c(C)c1)NC#N. The molecule has 0 aromatic heterocycles. The van der Waals surface area contributed by atoms with E-state index in [0.717, 1.165) is 5.69 Å². The molecular formula is C11H12IN3S. The van der Waals surface area contributed by atoms with Gasteiger partial charge in [-0.05, 0) is 66.0 Å². The van der Waals surface area contributed by atoms with Gasteiger partial charge in [0.1, 0.15) is 0 Å². The number of nitrogens with one attached hydrogen (secondary N) is 1. The Morgan fingerprint density at radius 2 is 2.00 bits per heavy atom. The molecule has 1 N–H and O–H groups in total. The van der Waals surface area contributed by atoms with Gasteiger partial charge in [-0.2, -0.15) is 5.26 Å². The van der Waals surface area contributed by atoms with Gasteiger partial charge in [0.15, 0.2) is 11.4 Å².